The average molecular weight is 224 g/mol. The fourth-order valence-corrected chi connectivity index (χ4v) is 1.20. The lowest BCUT2D eigenvalue weighted by atomic mass is 10.3. The first-order chi connectivity index (χ1) is 7.58. The fourth-order valence-electron chi connectivity index (χ4n) is 1.20. The zero-order chi connectivity index (χ0) is 12.0. The molecule has 0 amide bonds. The van der Waals surface area contributed by atoms with E-state index in [1.165, 1.54) is 0 Å². The van der Waals surface area contributed by atoms with Gasteiger partial charge >= 0.3 is 0 Å². The molecule has 0 saturated carbocycles. The van der Waals surface area contributed by atoms with Gasteiger partial charge in [0.1, 0.15) is 12.7 Å². The molecule has 0 saturated heterocycles. The SMILES string of the molecule is Cc1ccnc(OCC(O)CNC(C)C)c1. The Morgan fingerprint density at radius 2 is 2.25 bits per heavy atom. The fraction of sp³-hybridized carbons (Fsp3) is 0.583. The van der Waals surface area contributed by atoms with Crippen LogP contribution in [-0.2, 0) is 0 Å². The summed E-state index contributed by atoms with van der Waals surface area (Å²) in [5.74, 6) is 0.559. The van der Waals surface area contributed by atoms with Crippen molar-refractivity contribution in [1.82, 2.24) is 10.3 Å². The monoisotopic (exact) mass is 224 g/mol. The van der Waals surface area contributed by atoms with Gasteiger partial charge in [0, 0.05) is 24.8 Å². The molecule has 0 fully saturated rings. The van der Waals surface area contributed by atoms with Crippen molar-refractivity contribution in [1.29, 1.82) is 0 Å². The van der Waals surface area contributed by atoms with Gasteiger partial charge in [-0.15, -0.1) is 0 Å². The maximum atomic E-state index is 9.61. The molecule has 4 heteroatoms. The number of aliphatic hydroxyl groups excluding tert-OH is 1. The van der Waals surface area contributed by atoms with Gasteiger partial charge in [0.2, 0.25) is 5.88 Å². The number of aryl methyl sites for hydroxylation is 1. The number of hydrogen-bond donors (Lipinski definition) is 2. The molecule has 0 radical (unpaired) electrons. The molecule has 4 nitrogen and oxygen atoms in total. The third-order valence-electron chi connectivity index (χ3n) is 2.08. The van der Waals surface area contributed by atoms with Crippen molar-refractivity contribution in [3.05, 3.63) is 23.9 Å². The molecule has 1 heterocycles. The number of nitrogens with one attached hydrogen (secondary N) is 1. The highest BCUT2D eigenvalue weighted by molar-refractivity contribution is 5.18. The zero-order valence-electron chi connectivity index (χ0n) is 10.1. The van der Waals surface area contributed by atoms with Crippen LogP contribution in [0.25, 0.3) is 0 Å². The molecule has 0 aromatic carbocycles. The first-order valence-electron chi connectivity index (χ1n) is 5.55. The molecule has 2 N–H and O–H groups in total. The second-order valence-electron chi connectivity index (χ2n) is 4.20. The predicted octanol–water partition coefficient (Wildman–Crippen LogP) is 1.13. The minimum atomic E-state index is -0.510. The Labute approximate surface area is 96.7 Å². The Morgan fingerprint density at radius 3 is 2.88 bits per heavy atom. The molecule has 1 unspecified atom stereocenters. The molecule has 0 aliphatic carbocycles. The van der Waals surface area contributed by atoms with Gasteiger partial charge in [-0.05, 0) is 18.6 Å². The topological polar surface area (TPSA) is 54.4 Å². The molecule has 1 aromatic rings. The molecular weight excluding hydrogens is 204 g/mol. The summed E-state index contributed by atoms with van der Waals surface area (Å²) in [5.41, 5.74) is 1.10. The van der Waals surface area contributed by atoms with Crippen molar-refractivity contribution in [2.45, 2.75) is 32.9 Å². The van der Waals surface area contributed by atoms with Crippen LogP contribution in [0, 0.1) is 6.92 Å². The molecular formula is C12H20N2O2. The van der Waals surface area contributed by atoms with Crippen LogP contribution >= 0.6 is 0 Å². The van der Waals surface area contributed by atoms with Crippen LogP contribution in [-0.4, -0.2) is 35.4 Å². The van der Waals surface area contributed by atoms with E-state index in [0.29, 0.717) is 18.5 Å². The van der Waals surface area contributed by atoms with E-state index in [1.54, 1.807) is 6.20 Å². The Bertz CT molecular complexity index is 316. The summed E-state index contributed by atoms with van der Waals surface area (Å²) in [5, 5.41) is 12.8. The Hall–Kier alpha value is -1.13. The van der Waals surface area contributed by atoms with Crippen LogP contribution < -0.4 is 10.1 Å². The smallest absolute Gasteiger partial charge is 0.213 e. The van der Waals surface area contributed by atoms with Crippen LogP contribution in [0.3, 0.4) is 0 Å². The van der Waals surface area contributed by atoms with E-state index in [1.807, 2.05) is 32.9 Å². The summed E-state index contributed by atoms with van der Waals surface area (Å²) in [7, 11) is 0. The molecule has 0 spiro atoms. The summed E-state index contributed by atoms with van der Waals surface area (Å²) in [6.45, 7) is 6.84. The molecule has 0 aliphatic rings. The molecule has 1 rings (SSSR count). The number of ether oxygens (including phenoxy) is 1. The summed E-state index contributed by atoms with van der Waals surface area (Å²) >= 11 is 0. The van der Waals surface area contributed by atoms with Crippen molar-refractivity contribution in [2.75, 3.05) is 13.2 Å². The molecule has 1 aromatic heterocycles. The van der Waals surface area contributed by atoms with Gasteiger partial charge in [-0.25, -0.2) is 4.98 Å². The minimum Gasteiger partial charge on any atom is -0.475 e. The first kappa shape index (κ1) is 12.9. The van der Waals surface area contributed by atoms with Gasteiger partial charge in [0.25, 0.3) is 0 Å². The van der Waals surface area contributed by atoms with E-state index >= 15 is 0 Å². The van der Waals surface area contributed by atoms with Crippen molar-refractivity contribution >= 4 is 0 Å². The normalized spacial score (nSPS) is 12.8. The Kier molecular flexibility index (Phi) is 5.22. The van der Waals surface area contributed by atoms with Gasteiger partial charge in [0.15, 0.2) is 0 Å². The van der Waals surface area contributed by atoms with Crippen molar-refractivity contribution < 1.29 is 9.84 Å². The predicted molar refractivity (Wildman–Crippen MR) is 63.6 cm³/mol. The molecule has 16 heavy (non-hydrogen) atoms. The molecule has 0 bridgehead atoms. The number of aliphatic hydroxyl groups is 1. The number of nitrogens with zero attached hydrogens (tertiary/aromatic N) is 1. The van der Waals surface area contributed by atoms with E-state index < -0.39 is 6.10 Å². The van der Waals surface area contributed by atoms with E-state index in [0.717, 1.165) is 5.56 Å². The molecule has 90 valence electrons. The van der Waals surface area contributed by atoms with E-state index in [9.17, 15) is 5.11 Å². The van der Waals surface area contributed by atoms with Crippen LogP contribution in [0.15, 0.2) is 18.3 Å². The molecule has 1 atom stereocenters. The lowest BCUT2D eigenvalue weighted by molar-refractivity contribution is 0.102. The van der Waals surface area contributed by atoms with E-state index in [2.05, 4.69) is 10.3 Å². The summed E-state index contributed by atoms with van der Waals surface area (Å²) < 4.78 is 5.38. The number of hydrogen-bond acceptors (Lipinski definition) is 4. The van der Waals surface area contributed by atoms with Gasteiger partial charge in [-0.2, -0.15) is 0 Å². The number of aromatic nitrogens is 1. The Balaban J connectivity index is 2.28. The zero-order valence-corrected chi connectivity index (χ0v) is 10.1. The maximum Gasteiger partial charge on any atom is 0.213 e. The third-order valence-corrected chi connectivity index (χ3v) is 2.08. The quantitative estimate of drug-likeness (QED) is 0.760. The third kappa shape index (κ3) is 5.09. The average Bonchev–Trinajstić information content (AvgIpc) is 2.23. The first-order valence-corrected chi connectivity index (χ1v) is 5.55. The maximum absolute atomic E-state index is 9.61. The summed E-state index contributed by atoms with van der Waals surface area (Å²) in [4.78, 5) is 4.05. The molecule has 0 aliphatic heterocycles. The van der Waals surface area contributed by atoms with E-state index in [-0.39, 0.29) is 6.61 Å². The van der Waals surface area contributed by atoms with Crippen LogP contribution in [0.4, 0.5) is 0 Å². The highest BCUT2D eigenvalue weighted by Crippen LogP contribution is 2.07. The Morgan fingerprint density at radius 1 is 1.50 bits per heavy atom. The van der Waals surface area contributed by atoms with E-state index in [4.69, 9.17) is 4.74 Å². The lowest BCUT2D eigenvalue weighted by Crippen LogP contribution is -2.35. The highest BCUT2D eigenvalue weighted by Gasteiger charge is 2.06. The van der Waals surface area contributed by atoms with Gasteiger partial charge in [0.05, 0.1) is 0 Å². The van der Waals surface area contributed by atoms with Gasteiger partial charge < -0.3 is 15.2 Å². The lowest BCUT2D eigenvalue weighted by Gasteiger charge is -2.14. The standard InChI is InChI=1S/C12H20N2O2/c1-9(2)14-7-11(15)8-16-12-6-10(3)4-5-13-12/h4-6,9,11,14-15H,7-8H2,1-3H3. The second-order valence-corrected chi connectivity index (χ2v) is 4.20. The van der Waals surface area contributed by atoms with Crippen molar-refractivity contribution in [2.24, 2.45) is 0 Å². The van der Waals surface area contributed by atoms with Crippen LogP contribution in [0.1, 0.15) is 19.4 Å². The van der Waals surface area contributed by atoms with Crippen LogP contribution in [0.5, 0.6) is 5.88 Å². The summed E-state index contributed by atoms with van der Waals surface area (Å²) in [6, 6.07) is 4.12. The van der Waals surface area contributed by atoms with Gasteiger partial charge in [-0.3, -0.25) is 0 Å². The van der Waals surface area contributed by atoms with Gasteiger partial charge in [-0.1, -0.05) is 13.8 Å². The number of pyridine rings is 1. The second kappa shape index (κ2) is 6.45. The minimum absolute atomic E-state index is 0.260. The highest BCUT2D eigenvalue weighted by atomic mass is 16.5. The van der Waals surface area contributed by atoms with Crippen molar-refractivity contribution in [3.8, 4) is 5.88 Å². The van der Waals surface area contributed by atoms with Crippen LogP contribution in [0.2, 0.25) is 0 Å². The van der Waals surface area contributed by atoms with Crippen molar-refractivity contribution in [3.63, 3.8) is 0 Å². The summed E-state index contributed by atoms with van der Waals surface area (Å²) in [6.07, 6.45) is 1.19. The number of rotatable bonds is 6. The largest absolute Gasteiger partial charge is 0.475 e.